The first-order valence-electron chi connectivity index (χ1n) is 25.1. The molecule has 0 heterocycles. The van der Waals surface area contributed by atoms with Crippen molar-refractivity contribution in [3.05, 3.63) is 0 Å². The van der Waals surface area contributed by atoms with Gasteiger partial charge in [-0.05, 0) is 64.2 Å². The molecule has 0 spiro atoms. The summed E-state index contributed by atoms with van der Waals surface area (Å²) in [7, 11) is -0.761. The molecule has 2 nitrogen and oxygen atoms in total. The summed E-state index contributed by atoms with van der Waals surface area (Å²) in [6, 6.07) is 0. The summed E-state index contributed by atoms with van der Waals surface area (Å²) in [6.45, 7) is 11.6. The Bertz CT molecular complexity index is 578. The highest BCUT2D eigenvalue weighted by Crippen LogP contribution is 2.61. The van der Waals surface area contributed by atoms with Gasteiger partial charge in [0.1, 0.15) is 0 Å². The van der Waals surface area contributed by atoms with Gasteiger partial charge in [0.25, 0.3) is 0 Å². The maximum atomic E-state index is 10.0. The molecule has 0 aromatic rings. The van der Waals surface area contributed by atoms with Crippen molar-refractivity contribution in [2.45, 2.75) is 291 Å². The van der Waals surface area contributed by atoms with Gasteiger partial charge in [0.2, 0.25) is 0 Å². The predicted molar refractivity (Wildman–Crippen MR) is 244 cm³/mol. The number of carboxylic acid groups (broad SMARTS) is 1. The fourth-order valence-electron chi connectivity index (χ4n) is 8.22. The summed E-state index contributed by atoms with van der Waals surface area (Å²) in [4.78, 5) is 10.0. The van der Waals surface area contributed by atoms with E-state index in [1.807, 2.05) is 0 Å². The molecule has 53 heavy (non-hydrogen) atoms. The number of carboxylic acids is 1. The molecule has 0 atom stereocenters. The van der Waals surface area contributed by atoms with E-state index in [0.717, 1.165) is 12.8 Å². The van der Waals surface area contributed by atoms with Gasteiger partial charge in [-0.15, -0.1) is 0 Å². The molecule has 0 fully saturated rings. The largest absolute Gasteiger partial charge is 0.550 e. The first kappa shape index (κ1) is 55.0. The van der Waals surface area contributed by atoms with Crippen LogP contribution < -0.4 is 5.11 Å². The highest BCUT2D eigenvalue weighted by molar-refractivity contribution is 7.75. The Labute approximate surface area is 338 Å². The SMILES string of the molecule is CCCCCCCCCC(=O)[O-].CCCCCCCCCC[P+](CCCCCCCCCC)(CCCCCCCCCC)CCCCCCCCCC. The van der Waals surface area contributed by atoms with E-state index in [1.54, 1.807) is 50.3 Å². The summed E-state index contributed by atoms with van der Waals surface area (Å²) >= 11 is 0. The van der Waals surface area contributed by atoms with E-state index in [4.69, 9.17) is 0 Å². The fraction of sp³-hybridized carbons (Fsp3) is 0.980. The molecule has 0 amide bonds. The Kier molecular flexibility index (Phi) is 49.9. The van der Waals surface area contributed by atoms with E-state index in [2.05, 4.69) is 34.6 Å². The summed E-state index contributed by atoms with van der Waals surface area (Å²) in [5, 5.41) is 10.0. The molecule has 0 aromatic heterocycles. The molecule has 0 unspecified atom stereocenters. The van der Waals surface area contributed by atoms with Gasteiger partial charge in [-0.1, -0.05) is 227 Å². The first-order valence-corrected chi connectivity index (χ1v) is 27.6. The number of unbranched alkanes of at least 4 members (excludes halogenated alkanes) is 34. The lowest BCUT2D eigenvalue weighted by Gasteiger charge is -2.28. The van der Waals surface area contributed by atoms with Crippen LogP contribution in [0, 0.1) is 0 Å². The lowest BCUT2D eigenvalue weighted by Crippen LogP contribution is -2.21. The van der Waals surface area contributed by atoms with Gasteiger partial charge in [-0.3, -0.25) is 0 Å². The van der Waals surface area contributed by atoms with Crippen LogP contribution in [0.2, 0.25) is 0 Å². The van der Waals surface area contributed by atoms with Crippen LogP contribution in [0.4, 0.5) is 0 Å². The summed E-state index contributed by atoms with van der Waals surface area (Å²) in [6.07, 6.45) is 62.5. The molecule has 0 aliphatic rings. The van der Waals surface area contributed by atoms with Crippen LogP contribution in [-0.2, 0) is 4.79 Å². The average molecular weight is 767 g/mol. The average Bonchev–Trinajstić information content (AvgIpc) is 3.15. The number of hydrogen-bond acceptors (Lipinski definition) is 2. The quantitative estimate of drug-likeness (QED) is 0.0458. The number of hydrogen-bond donors (Lipinski definition) is 0. The number of carbonyl (C=O) groups excluding carboxylic acids is 1. The highest BCUT2D eigenvalue weighted by atomic mass is 31.2. The minimum Gasteiger partial charge on any atom is -0.550 e. The van der Waals surface area contributed by atoms with Crippen LogP contribution in [0.5, 0.6) is 0 Å². The zero-order chi connectivity index (χ0) is 39.2. The molecule has 0 aliphatic heterocycles. The van der Waals surface area contributed by atoms with Crippen molar-refractivity contribution in [3.8, 4) is 0 Å². The van der Waals surface area contributed by atoms with Gasteiger partial charge in [0, 0.05) is 13.2 Å². The second-order valence-corrected chi connectivity index (χ2v) is 21.9. The van der Waals surface area contributed by atoms with Gasteiger partial charge < -0.3 is 9.90 Å². The van der Waals surface area contributed by atoms with Crippen LogP contribution >= 0.6 is 7.26 Å². The topological polar surface area (TPSA) is 40.1 Å². The second-order valence-electron chi connectivity index (χ2n) is 17.4. The van der Waals surface area contributed by atoms with E-state index < -0.39 is 13.2 Å². The van der Waals surface area contributed by atoms with Gasteiger partial charge in [0.05, 0.1) is 24.6 Å². The van der Waals surface area contributed by atoms with Crippen LogP contribution in [0.1, 0.15) is 291 Å². The van der Waals surface area contributed by atoms with Gasteiger partial charge in [-0.2, -0.15) is 0 Å². The first-order chi connectivity index (χ1) is 26.0. The third-order valence-electron chi connectivity index (χ3n) is 11.9. The van der Waals surface area contributed by atoms with E-state index in [1.165, 1.54) is 212 Å². The monoisotopic (exact) mass is 767 g/mol. The summed E-state index contributed by atoms with van der Waals surface area (Å²) in [5.74, 6) is -0.913. The molecule has 320 valence electrons. The maximum absolute atomic E-state index is 10.0. The lowest BCUT2D eigenvalue weighted by molar-refractivity contribution is -0.305. The molecule has 0 saturated carbocycles. The Balaban J connectivity index is 0. The van der Waals surface area contributed by atoms with Crippen molar-refractivity contribution in [1.82, 2.24) is 0 Å². The zero-order valence-electron chi connectivity index (χ0n) is 37.9. The molecule has 0 saturated heterocycles. The second kappa shape index (κ2) is 48.0. The molecular weight excluding hydrogens is 664 g/mol. The number of rotatable bonds is 44. The Morgan fingerprint density at radius 3 is 0.642 bits per heavy atom. The van der Waals surface area contributed by atoms with E-state index in [9.17, 15) is 9.90 Å². The third kappa shape index (κ3) is 46.2. The van der Waals surface area contributed by atoms with Crippen molar-refractivity contribution in [2.75, 3.05) is 24.6 Å². The fourth-order valence-corrected chi connectivity index (χ4v) is 13.1. The summed E-state index contributed by atoms with van der Waals surface area (Å²) < 4.78 is 0. The van der Waals surface area contributed by atoms with Crippen LogP contribution in [0.25, 0.3) is 0 Å². The van der Waals surface area contributed by atoms with Crippen molar-refractivity contribution in [1.29, 1.82) is 0 Å². The molecule has 0 rings (SSSR count). The molecule has 0 aliphatic carbocycles. The molecule has 0 bridgehead atoms. The predicted octanol–water partition coefficient (Wildman–Crippen LogP) is 17.4. The number of aliphatic carboxylic acids is 1. The third-order valence-corrected chi connectivity index (χ3v) is 17.0. The number of carbonyl (C=O) groups is 1. The van der Waals surface area contributed by atoms with E-state index >= 15 is 0 Å². The lowest BCUT2D eigenvalue weighted by atomic mass is 10.1. The van der Waals surface area contributed by atoms with Gasteiger partial charge >= 0.3 is 0 Å². The minimum atomic E-state index is -0.913. The van der Waals surface area contributed by atoms with Crippen molar-refractivity contribution in [2.24, 2.45) is 0 Å². The standard InChI is InChI=1S/C40H84P.C10H20O2/c1-5-9-13-17-21-25-29-33-37-41(38-34-30-26-22-18-14-10-6-2,39-35-31-27-23-19-15-11-7-3)40-36-32-28-24-20-16-12-8-4;1-2-3-4-5-6-7-8-9-10(11)12/h5-40H2,1-4H3;2-9H2,1H3,(H,11,12)/q+1;/p-1. The maximum Gasteiger partial charge on any atom is 0.0594 e. The van der Waals surface area contributed by atoms with Crippen molar-refractivity contribution < 1.29 is 9.90 Å². The van der Waals surface area contributed by atoms with Crippen molar-refractivity contribution in [3.63, 3.8) is 0 Å². The molecule has 0 N–H and O–H groups in total. The normalized spacial score (nSPS) is 11.6. The molecule has 3 heteroatoms. The molecular formula is C50H103O2P. The van der Waals surface area contributed by atoms with Crippen LogP contribution in [0.15, 0.2) is 0 Å². The Morgan fingerprint density at radius 2 is 0.453 bits per heavy atom. The van der Waals surface area contributed by atoms with Crippen LogP contribution in [0.3, 0.4) is 0 Å². The molecule has 0 radical (unpaired) electrons. The Hall–Kier alpha value is -0.100. The van der Waals surface area contributed by atoms with Gasteiger partial charge in [0.15, 0.2) is 0 Å². The van der Waals surface area contributed by atoms with E-state index in [-0.39, 0.29) is 6.42 Å². The van der Waals surface area contributed by atoms with Gasteiger partial charge in [-0.25, -0.2) is 0 Å². The molecule has 0 aromatic carbocycles. The smallest absolute Gasteiger partial charge is 0.0594 e. The minimum absolute atomic E-state index is 0.230. The highest BCUT2D eigenvalue weighted by Gasteiger charge is 2.35. The Morgan fingerprint density at radius 1 is 0.283 bits per heavy atom. The summed E-state index contributed by atoms with van der Waals surface area (Å²) in [5.41, 5.74) is 0. The van der Waals surface area contributed by atoms with E-state index in [0.29, 0.717) is 0 Å². The van der Waals surface area contributed by atoms with Crippen LogP contribution in [-0.4, -0.2) is 30.6 Å². The van der Waals surface area contributed by atoms with Crippen molar-refractivity contribution >= 4 is 13.2 Å². The zero-order valence-corrected chi connectivity index (χ0v) is 38.8.